The molecule has 3 rings (SSSR count). The van der Waals surface area contributed by atoms with Gasteiger partial charge in [-0.3, -0.25) is 9.59 Å². The van der Waals surface area contributed by atoms with Crippen LogP contribution < -0.4 is 10.6 Å². The van der Waals surface area contributed by atoms with Crippen LogP contribution >= 0.6 is 35.0 Å². The molecule has 35 heavy (non-hydrogen) atoms. The fourth-order valence-corrected chi connectivity index (χ4v) is 4.76. The third-order valence-electron chi connectivity index (χ3n) is 5.37. The van der Waals surface area contributed by atoms with Crippen LogP contribution in [0.25, 0.3) is 0 Å². The molecule has 10 heteroatoms. The molecule has 0 aliphatic heterocycles. The van der Waals surface area contributed by atoms with Crippen LogP contribution in [-0.2, 0) is 11.8 Å². The molecule has 2 amide bonds. The molecule has 0 aliphatic rings. The van der Waals surface area contributed by atoms with Crippen molar-refractivity contribution in [1.29, 1.82) is 0 Å². The van der Waals surface area contributed by atoms with Crippen molar-refractivity contribution in [1.82, 2.24) is 20.1 Å². The largest absolute Gasteiger partial charge is 0.342 e. The number of aromatic nitrogens is 3. The predicted molar refractivity (Wildman–Crippen MR) is 142 cm³/mol. The monoisotopic (exact) mass is 533 g/mol. The SMILES string of the molecule is Cc1ccc(C)c(NC(=O)CSc2nnc([C@@H](CC(C)C)NC(=O)c3ccc(Cl)cc3Cl)n2C)c1. The number of nitrogens with zero attached hydrogens (tertiary/aromatic N) is 3. The zero-order chi connectivity index (χ0) is 25.7. The number of nitrogens with one attached hydrogen (secondary N) is 2. The van der Waals surface area contributed by atoms with Crippen LogP contribution in [0.5, 0.6) is 0 Å². The number of anilines is 1. The normalized spacial score (nSPS) is 12.0. The van der Waals surface area contributed by atoms with E-state index in [9.17, 15) is 9.59 Å². The Morgan fingerprint density at radius 1 is 1.09 bits per heavy atom. The van der Waals surface area contributed by atoms with Crippen LogP contribution in [0, 0.1) is 19.8 Å². The van der Waals surface area contributed by atoms with Gasteiger partial charge < -0.3 is 15.2 Å². The van der Waals surface area contributed by atoms with E-state index in [2.05, 4.69) is 34.7 Å². The minimum atomic E-state index is -0.384. The first-order valence-corrected chi connectivity index (χ1v) is 12.9. The number of carbonyl (C=O) groups excluding carboxylic acids is 2. The minimum Gasteiger partial charge on any atom is -0.342 e. The van der Waals surface area contributed by atoms with E-state index in [1.165, 1.54) is 17.8 Å². The van der Waals surface area contributed by atoms with Crippen LogP contribution in [0.3, 0.4) is 0 Å². The van der Waals surface area contributed by atoms with E-state index >= 15 is 0 Å². The van der Waals surface area contributed by atoms with Crippen molar-refractivity contribution in [2.75, 3.05) is 11.1 Å². The maximum atomic E-state index is 12.9. The van der Waals surface area contributed by atoms with Gasteiger partial charge >= 0.3 is 0 Å². The maximum absolute atomic E-state index is 12.9. The third kappa shape index (κ3) is 7.22. The average molecular weight is 535 g/mol. The molecule has 0 saturated carbocycles. The smallest absolute Gasteiger partial charge is 0.253 e. The summed E-state index contributed by atoms with van der Waals surface area (Å²) in [6.07, 6.45) is 0.653. The molecule has 186 valence electrons. The standard InChI is InChI=1S/C25H29Cl2N5O2S/c1-14(2)10-21(29-24(34)18-9-8-17(26)12-19(18)27)23-30-31-25(32(23)5)35-13-22(33)28-20-11-15(3)6-7-16(20)4/h6-9,11-12,14,21H,10,13H2,1-5H3,(H,28,33)(H,29,34)/t21-/m1/s1. The lowest BCUT2D eigenvalue weighted by molar-refractivity contribution is -0.113. The van der Waals surface area contributed by atoms with Gasteiger partial charge in [-0.05, 0) is 61.6 Å². The number of thioether (sulfide) groups is 1. The number of amides is 2. The first-order chi connectivity index (χ1) is 16.5. The number of aryl methyl sites for hydroxylation is 2. The van der Waals surface area contributed by atoms with Crippen molar-refractivity contribution >= 4 is 52.5 Å². The van der Waals surface area contributed by atoms with Crippen LogP contribution in [-0.4, -0.2) is 32.3 Å². The third-order valence-corrected chi connectivity index (χ3v) is 6.94. The summed E-state index contributed by atoms with van der Waals surface area (Å²) in [6, 6.07) is 10.3. The molecule has 0 bridgehead atoms. The first-order valence-electron chi connectivity index (χ1n) is 11.2. The number of carbonyl (C=O) groups is 2. The Bertz CT molecular complexity index is 1230. The highest BCUT2D eigenvalue weighted by Gasteiger charge is 2.24. The second-order valence-electron chi connectivity index (χ2n) is 8.83. The lowest BCUT2D eigenvalue weighted by atomic mass is 10.0. The summed E-state index contributed by atoms with van der Waals surface area (Å²) in [4.78, 5) is 25.5. The van der Waals surface area contributed by atoms with Crippen molar-refractivity contribution in [2.45, 2.75) is 45.3 Å². The van der Waals surface area contributed by atoms with Gasteiger partial charge in [0.15, 0.2) is 11.0 Å². The number of hydrogen-bond acceptors (Lipinski definition) is 5. The van der Waals surface area contributed by atoms with Crippen molar-refractivity contribution in [3.63, 3.8) is 0 Å². The molecule has 0 fully saturated rings. The first kappa shape index (κ1) is 27.0. The number of hydrogen-bond donors (Lipinski definition) is 2. The van der Waals surface area contributed by atoms with E-state index in [4.69, 9.17) is 23.2 Å². The highest BCUT2D eigenvalue weighted by molar-refractivity contribution is 7.99. The molecule has 1 atom stereocenters. The van der Waals surface area contributed by atoms with Gasteiger partial charge in [0.25, 0.3) is 5.91 Å². The van der Waals surface area contributed by atoms with E-state index in [1.54, 1.807) is 12.1 Å². The van der Waals surface area contributed by atoms with E-state index < -0.39 is 0 Å². The van der Waals surface area contributed by atoms with Gasteiger partial charge in [0.2, 0.25) is 5.91 Å². The van der Waals surface area contributed by atoms with Crippen molar-refractivity contribution in [3.8, 4) is 0 Å². The molecule has 3 aromatic rings. The van der Waals surface area contributed by atoms with Gasteiger partial charge in [0.05, 0.1) is 22.4 Å². The van der Waals surface area contributed by atoms with Crippen LogP contribution in [0.4, 0.5) is 5.69 Å². The molecule has 2 aromatic carbocycles. The number of halogens is 2. The molecule has 1 aromatic heterocycles. The molecule has 2 N–H and O–H groups in total. The molecule has 0 unspecified atom stereocenters. The second kappa shape index (κ2) is 11.9. The summed E-state index contributed by atoms with van der Waals surface area (Å²) in [6.45, 7) is 8.08. The summed E-state index contributed by atoms with van der Waals surface area (Å²) in [5.41, 5.74) is 3.22. The molecule has 7 nitrogen and oxygen atoms in total. The summed E-state index contributed by atoms with van der Waals surface area (Å²) >= 11 is 13.5. The lowest BCUT2D eigenvalue weighted by Crippen LogP contribution is -2.31. The van der Waals surface area contributed by atoms with Gasteiger partial charge in [-0.2, -0.15) is 0 Å². The average Bonchev–Trinajstić information content (AvgIpc) is 3.14. The molecule has 0 spiro atoms. The Labute approximate surface area is 220 Å². The fourth-order valence-electron chi connectivity index (χ4n) is 3.55. The minimum absolute atomic E-state index is 0.127. The van der Waals surface area contributed by atoms with E-state index in [-0.39, 0.29) is 34.5 Å². The van der Waals surface area contributed by atoms with Crippen LogP contribution in [0.2, 0.25) is 10.0 Å². The van der Waals surface area contributed by atoms with Crippen LogP contribution in [0.1, 0.15) is 53.6 Å². The van der Waals surface area contributed by atoms with E-state index in [0.717, 1.165) is 16.8 Å². The zero-order valence-electron chi connectivity index (χ0n) is 20.4. The van der Waals surface area contributed by atoms with Gasteiger partial charge in [-0.15, -0.1) is 10.2 Å². The maximum Gasteiger partial charge on any atom is 0.253 e. The molecule has 0 radical (unpaired) electrons. The zero-order valence-corrected chi connectivity index (χ0v) is 22.7. The van der Waals surface area contributed by atoms with Crippen molar-refractivity contribution < 1.29 is 9.59 Å². The van der Waals surface area contributed by atoms with Crippen LogP contribution in [0.15, 0.2) is 41.6 Å². The lowest BCUT2D eigenvalue weighted by Gasteiger charge is -2.20. The highest BCUT2D eigenvalue weighted by atomic mass is 35.5. The Balaban J connectivity index is 1.71. The Morgan fingerprint density at radius 3 is 2.51 bits per heavy atom. The summed E-state index contributed by atoms with van der Waals surface area (Å²) < 4.78 is 1.81. The number of benzene rings is 2. The topological polar surface area (TPSA) is 88.9 Å². The molecular formula is C25H29Cl2N5O2S. The number of rotatable bonds is 9. The second-order valence-corrected chi connectivity index (χ2v) is 10.6. The van der Waals surface area contributed by atoms with Crippen molar-refractivity contribution in [3.05, 3.63) is 69.0 Å². The van der Waals surface area contributed by atoms with Gasteiger partial charge in [-0.1, -0.05) is 60.9 Å². The Morgan fingerprint density at radius 2 is 1.83 bits per heavy atom. The predicted octanol–water partition coefficient (Wildman–Crippen LogP) is 5.99. The Kier molecular flexibility index (Phi) is 9.21. The molecule has 0 aliphatic carbocycles. The highest BCUT2D eigenvalue weighted by Crippen LogP contribution is 2.26. The van der Waals surface area contributed by atoms with Gasteiger partial charge in [0.1, 0.15) is 0 Å². The quantitative estimate of drug-likeness (QED) is 0.330. The Hall–Kier alpha value is -2.55. The van der Waals surface area contributed by atoms with Crippen molar-refractivity contribution in [2.24, 2.45) is 13.0 Å². The molecular weight excluding hydrogens is 505 g/mol. The summed E-state index contributed by atoms with van der Waals surface area (Å²) in [7, 11) is 1.83. The van der Waals surface area contributed by atoms with E-state index in [1.807, 2.05) is 43.7 Å². The van der Waals surface area contributed by atoms with E-state index in [0.29, 0.717) is 28.0 Å². The summed E-state index contributed by atoms with van der Waals surface area (Å²) in [5.74, 6) is 0.632. The molecule has 0 saturated heterocycles. The fraction of sp³-hybridized carbons (Fsp3) is 0.360. The van der Waals surface area contributed by atoms with Gasteiger partial charge in [-0.25, -0.2) is 0 Å². The van der Waals surface area contributed by atoms with Gasteiger partial charge in [0, 0.05) is 17.8 Å². The molecule has 1 heterocycles. The summed E-state index contributed by atoms with van der Waals surface area (Å²) in [5, 5.41) is 15.9.